The summed E-state index contributed by atoms with van der Waals surface area (Å²) in [5.74, 6) is 0.941. The molecule has 2 amide bonds. The summed E-state index contributed by atoms with van der Waals surface area (Å²) in [5, 5.41) is 14.2. The van der Waals surface area contributed by atoms with E-state index in [0.717, 1.165) is 12.1 Å². The van der Waals surface area contributed by atoms with Crippen molar-refractivity contribution in [1.29, 1.82) is 0 Å². The maximum atomic E-state index is 12.5. The normalized spacial score (nSPS) is 18.8. The minimum absolute atomic E-state index is 0.0982. The molecule has 0 unspecified atom stereocenters. The number of amides is 2. The van der Waals surface area contributed by atoms with Gasteiger partial charge in [-0.1, -0.05) is 31.2 Å². The number of anilines is 2. The topological polar surface area (TPSA) is 70.2 Å². The van der Waals surface area contributed by atoms with Crippen LogP contribution in [0.15, 0.2) is 30.3 Å². The average Bonchev–Trinajstić information content (AvgIpc) is 2.83. The Bertz CT molecular complexity index is 759. The maximum absolute atomic E-state index is 12.5. The van der Waals surface area contributed by atoms with Crippen molar-refractivity contribution in [3.63, 3.8) is 0 Å². The summed E-state index contributed by atoms with van der Waals surface area (Å²) < 4.78 is 0. The Morgan fingerprint density at radius 2 is 2.00 bits per heavy atom. The molecule has 6 nitrogen and oxygen atoms in total. The fourth-order valence-corrected chi connectivity index (χ4v) is 3.20. The van der Waals surface area contributed by atoms with Crippen molar-refractivity contribution in [3.8, 4) is 0 Å². The number of carbonyl (C=O) groups excluding carboxylic acids is 1. The molecule has 0 saturated heterocycles. The van der Waals surface area contributed by atoms with E-state index >= 15 is 0 Å². The maximum Gasteiger partial charge on any atom is 0.319 e. The number of nitrogens with zero attached hydrogens (tertiary/aromatic N) is 3. The molecule has 1 aliphatic rings. The van der Waals surface area contributed by atoms with E-state index in [1.54, 1.807) is 0 Å². The van der Waals surface area contributed by atoms with E-state index < -0.39 is 0 Å². The number of benzene rings is 1. The smallest absolute Gasteiger partial charge is 0.319 e. The molecule has 1 aromatic heterocycles. The van der Waals surface area contributed by atoms with Gasteiger partial charge in [0.1, 0.15) is 0 Å². The molecule has 2 aromatic rings. The second kappa shape index (κ2) is 6.47. The van der Waals surface area contributed by atoms with E-state index in [1.807, 2.05) is 44.1 Å². The number of hydrogen-bond acceptors (Lipinski definition) is 4. The number of nitrogens with one attached hydrogen (secondary N) is 2. The number of hydrogen-bond donors (Lipinski definition) is 2. The van der Waals surface area contributed by atoms with E-state index in [-0.39, 0.29) is 12.1 Å². The summed E-state index contributed by atoms with van der Waals surface area (Å²) in [6.45, 7) is 4.01. The molecule has 126 valence electrons. The van der Waals surface area contributed by atoms with Crippen molar-refractivity contribution in [1.82, 2.24) is 15.5 Å². The Kier molecular flexibility index (Phi) is 4.38. The van der Waals surface area contributed by atoms with E-state index in [9.17, 15) is 4.79 Å². The van der Waals surface area contributed by atoms with Crippen LogP contribution in [0.4, 0.5) is 16.3 Å². The van der Waals surface area contributed by atoms with Gasteiger partial charge >= 0.3 is 6.03 Å². The molecule has 24 heavy (non-hydrogen) atoms. The van der Waals surface area contributed by atoms with Crippen LogP contribution in [-0.4, -0.2) is 36.4 Å². The minimum Gasteiger partial charge on any atom is -0.360 e. The van der Waals surface area contributed by atoms with Gasteiger partial charge in [0, 0.05) is 26.1 Å². The first kappa shape index (κ1) is 16.2. The summed E-state index contributed by atoms with van der Waals surface area (Å²) in [7, 11) is 3.75. The summed E-state index contributed by atoms with van der Waals surface area (Å²) in [6, 6.07) is 10.1. The summed E-state index contributed by atoms with van der Waals surface area (Å²) in [6.07, 6.45) is 0.860. The Labute approximate surface area is 142 Å². The van der Waals surface area contributed by atoms with Crippen LogP contribution < -0.4 is 15.5 Å². The quantitative estimate of drug-likeness (QED) is 0.910. The van der Waals surface area contributed by atoms with Crippen molar-refractivity contribution in [3.05, 3.63) is 47.2 Å². The highest BCUT2D eigenvalue weighted by atomic mass is 16.2. The first-order chi connectivity index (χ1) is 11.5. The standard InChI is InChI=1S/C18H23N5O/c1-11-9-16(17(22-21-11)23(3)4)20-18(24)19-15-10-13-7-5-6-8-14(13)12(15)2/h5-9,12,15H,10H2,1-4H3,(H2,19,20,21,24)/t12-,15+/m0/s1. The van der Waals surface area contributed by atoms with E-state index in [0.29, 0.717) is 17.4 Å². The monoisotopic (exact) mass is 325 g/mol. The molecule has 0 spiro atoms. The number of aromatic nitrogens is 2. The van der Waals surface area contributed by atoms with Gasteiger partial charge in [-0.05, 0) is 30.5 Å². The summed E-state index contributed by atoms with van der Waals surface area (Å²) in [4.78, 5) is 14.3. The average molecular weight is 325 g/mol. The number of aryl methyl sites for hydroxylation is 1. The fraction of sp³-hybridized carbons (Fsp3) is 0.389. The second-order valence-corrected chi connectivity index (χ2v) is 6.51. The van der Waals surface area contributed by atoms with Crippen molar-refractivity contribution in [2.45, 2.75) is 32.2 Å². The third-order valence-corrected chi connectivity index (χ3v) is 4.47. The predicted molar refractivity (Wildman–Crippen MR) is 95.6 cm³/mol. The lowest BCUT2D eigenvalue weighted by Gasteiger charge is -2.20. The van der Waals surface area contributed by atoms with Crippen LogP contribution in [0.25, 0.3) is 0 Å². The van der Waals surface area contributed by atoms with Crippen molar-refractivity contribution < 1.29 is 4.79 Å². The zero-order chi connectivity index (χ0) is 17.3. The van der Waals surface area contributed by atoms with Gasteiger partial charge in [-0.25, -0.2) is 4.79 Å². The highest BCUT2D eigenvalue weighted by molar-refractivity contribution is 5.92. The molecule has 0 radical (unpaired) electrons. The summed E-state index contributed by atoms with van der Waals surface area (Å²) in [5.41, 5.74) is 4.05. The van der Waals surface area contributed by atoms with E-state index in [4.69, 9.17) is 0 Å². The molecule has 0 saturated carbocycles. The summed E-state index contributed by atoms with van der Waals surface area (Å²) >= 11 is 0. The first-order valence-electron chi connectivity index (χ1n) is 8.12. The van der Waals surface area contributed by atoms with Gasteiger partial charge in [-0.3, -0.25) is 0 Å². The molecule has 6 heteroatoms. The molecule has 2 atom stereocenters. The Hall–Kier alpha value is -2.63. The van der Waals surface area contributed by atoms with Gasteiger partial charge in [-0.15, -0.1) is 5.10 Å². The molecule has 3 rings (SSSR count). The lowest BCUT2D eigenvalue weighted by molar-refractivity contribution is 0.247. The molecule has 0 aliphatic heterocycles. The van der Waals surface area contributed by atoms with Gasteiger partial charge in [0.2, 0.25) is 0 Å². The van der Waals surface area contributed by atoms with Gasteiger partial charge < -0.3 is 15.5 Å². The number of rotatable bonds is 3. The zero-order valence-corrected chi connectivity index (χ0v) is 14.5. The van der Waals surface area contributed by atoms with Gasteiger partial charge in [-0.2, -0.15) is 5.10 Å². The predicted octanol–water partition coefficient (Wildman–Crippen LogP) is 2.70. The van der Waals surface area contributed by atoms with Crippen LogP contribution in [-0.2, 0) is 6.42 Å². The van der Waals surface area contributed by atoms with Gasteiger partial charge in [0.15, 0.2) is 5.82 Å². The van der Waals surface area contributed by atoms with E-state index in [1.165, 1.54) is 11.1 Å². The third kappa shape index (κ3) is 3.18. The Morgan fingerprint density at radius 3 is 2.71 bits per heavy atom. The van der Waals surface area contributed by atoms with Crippen LogP contribution >= 0.6 is 0 Å². The molecule has 1 aromatic carbocycles. The second-order valence-electron chi connectivity index (χ2n) is 6.51. The number of carbonyl (C=O) groups is 1. The molecule has 2 N–H and O–H groups in total. The molecule has 1 aliphatic carbocycles. The number of fused-ring (bicyclic) bond motifs is 1. The van der Waals surface area contributed by atoms with Gasteiger partial charge in [0.05, 0.1) is 11.4 Å². The van der Waals surface area contributed by atoms with Crippen molar-refractivity contribution >= 4 is 17.5 Å². The minimum atomic E-state index is -0.213. The number of urea groups is 1. The van der Waals surface area contributed by atoms with Gasteiger partial charge in [0.25, 0.3) is 0 Å². The third-order valence-electron chi connectivity index (χ3n) is 4.47. The highest BCUT2D eigenvalue weighted by Crippen LogP contribution is 2.32. The lowest BCUT2D eigenvalue weighted by atomic mass is 10.0. The molecule has 1 heterocycles. The first-order valence-corrected chi connectivity index (χ1v) is 8.12. The molecule has 0 fully saturated rings. The SMILES string of the molecule is Cc1cc(NC(=O)N[C@@H]2Cc3ccccc3[C@@H]2C)c(N(C)C)nn1. The van der Waals surface area contributed by atoms with Crippen LogP contribution in [0, 0.1) is 6.92 Å². The largest absolute Gasteiger partial charge is 0.360 e. The van der Waals surface area contributed by atoms with Crippen LogP contribution in [0.3, 0.4) is 0 Å². The van der Waals surface area contributed by atoms with E-state index in [2.05, 4.69) is 39.9 Å². The molecule has 0 bridgehead atoms. The fourth-order valence-electron chi connectivity index (χ4n) is 3.20. The lowest BCUT2D eigenvalue weighted by Crippen LogP contribution is -2.40. The molecular weight excluding hydrogens is 302 g/mol. The Morgan fingerprint density at radius 1 is 1.25 bits per heavy atom. The van der Waals surface area contributed by atoms with Crippen LogP contribution in [0.2, 0.25) is 0 Å². The highest BCUT2D eigenvalue weighted by Gasteiger charge is 2.30. The van der Waals surface area contributed by atoms with Crippen molar-refractivity contribution in [2.75, 3.05) is 24.3 Å². The molecular formula is C18H23N5O. The van der Waals surface area contributed by atoms with Crippen LogP contribution in [0.5, 0.6) is 0 Å². The van der Waals surface area contributed by atoms with Crippen molar-refractivity contribution in [2.24, 2.45) is 0 Å². The Balaban J connectivity index is 1.70. The van der Waals surface area contributed by atoms with Crippen LogP contribution in [0.1, 0.15) is 29.7 Å². The zero-order valence-electron chi connectivity index (χ0n) is 14.5.